The molecule has 148 valence electrons. The van der Waals surface area contributed by atoms with Crippen molar-refractivity contribution >= 4 is 28.4 Å². The molecule has 0 aliphatic carbocycles. The molecule has 1 amide bonds. The molecule has 2 aromatic carbocycles. The number of para-hydroxylation sites is 1. The van der Waals surface area contributed by atoms with Gasteiger partial charge in [-0.05, 0) is 43.2 Å². The summed E-state index contributed by atoms with van der Waals surface area (Å²) in [6.07, 6.45) is 0. The molecule has 0 saturated heterocycles. The molecular weight excluding hydrogens is 380 g/mol. The predicted molar refractivity (Wildman–Crippen MR) is 110 cm³/mol. The quantitative estimate of drug-likeness (QED) is 0.629. The van der Waals surface area contributed by atoms with Crippen LogP contribution in [-0.2, 0) is 0 Å². The minimum atomic E-state index is -0.289. The summed E-state index contributed by atoms with van der Waals surface area (Å²) in [6, 6.07) is 8.95. The number of nitrogens with one attached hydrogen (secondary N) is 2. The molecule has 7 heteroatoms. The lowest BCUT2D eigenvalue weighted by Gasteiger charge is -2.18. The fourth-order valence-corrected chi connectivity index (χ4v) is 3.47. The van der Waals surface area contributed by atoms with Gasteiger partial charge in [0, 0.05) is 5.39 Å². The molecule has 1 atom stereocenters. The van der Waals surface area contributed by atoms with Gasteiger partial charge in [0.25, 0.3) is 5.91 Å². The average Bonchev–Trinajstić information content (AvgIpc) is 3.04. The highest BCUT2D eigenvalue weighted by molar-refractivity contribution is 6.35. The second kappa shape index (κ2) is 8.02. The smallest absolute Gasteiger partial charge is 0.268 e. The number of methoxy groups -OCH3 is 3. The molecule has 3 aromatic rings. The molecule has 0 fully saturated rings. The Kier molecular flexibility index (Phi) is 5.70. The van der Waals surface area contributed by atoms with Crippen molar-refractivity contribution in [3.8, 4) is 17.2 Å². The molecule has 1 heterocycles. The summed E-state index contributed by atoms with van der Waals surface area (Å²) >= 11 is 6.24. The zero-order valence-corrected chi connectivity index (χ0v) is 17.2. The Bertz CT molecular complexity index is 1000. The number of fused-ring (bicyclic) bond motifs is 1. The Morgan fingerprint density at radius 2 is 1.75 bits per heavy atom. The summed E-state index contributed by atoms with van der Waals surface area (Å²) in [7, 11) is 4.67. The normalized spacial score (nSPS) is 11.9. The highest BCUT2D eigenvalue weighted by atomic mass is 35.5. The maximum Gasteiger partial charge on any atom is 0.268 e. The van der Waals surface area contributed by atoms with E-state index in [1.807, 2.05) is 38.1 Å². The Hall–Kier alpha value is -2.86. The summed E-state index contributed by atoms with van der Waals surface area (Å²) in [4.78, 5) is 16.0. The SMILES string of the molecule is COc1cc(C(C)NC(=O)c2[nH]c3c(Cl)cccc3c2C)cc(OC)c1OC. The Morgan fingerprint density at radius 3 is 2.29 bits per heavy atom. The molecule has 0 bridgehead atoms. The lowest BCUT2D eigenvalue weighted by atomic mass is 10.1. The molecule has 6 nitrogen and oxygen atoms in total. The summed E-state index contributed by atoms with van der Waals surface area (Å²) in [5.41, 5.74) is 2.93. The minimum absolute atomic E-state index is 0.217. The number of aromatic amines is 1. The summed E-state index contributed by atoms with van der Waals surface area (Å²) in [5.74, 6) is 1.36. The van der Waals surface area contributed by atoms with Gasteiger partial charge in [0.2, 0.25) is 5.75 Å². The van der Waals surface area contributed by atoms with E-state index in [2.05, 4.69) is 10.3 Å². The lowest BCUT2D eigenvalue weighted by Crippen LogP contribution is -2.27. The van der Waals surface area contributed by atoms with Gasteiger partial charge in [0.1, 0.15) is 5.69 Å². The number of aromatic nitrogens is 1. The van der Waals surface area contributed by atoms with Crippen molar-refractivity contribution in [1.29, 1.82) is 0 Å². The molecule has 2 N–H and O–H groups in total. The van der Waals surface area contributed by atoms with Crippen LogP contribution < -0.4 is 19.5 Å². The second-order valence-corrected chi connectivity index (χ2v) is 6.85. The third-order valence-electron chi connectivity index (χ3n) is 4.80. The first kappa shape index (κ1) is 19.9. The molecular formula is C21H23ClN2O4. The third-order valence-corrected chi connectivity index (χ3v) is 5.12. The van der Waals surface area contributed by atoms with Crippen LogP contribution in [0.3, 0.4) is 0 Å². The molecule has 1 aromatic heterocycles. The van der Waals surface area contributed by atoms with Crippen LogP contribution in [-0.4, -0.2) is 32.2 Å². The van der Waals surface area contributed by atoms with Crippen LogP contribution in [0.15, 0.2) is 30.3 Å². The summed E-state index contributed by atoms with van der Waals surface area (Å²) in [5, 5.41) is 4.52. The van der Waals surface area contributed by atoms with Crippen molar-refractivity contribution in [1.82, 2.24) is 10.3 Å². The lowest BCUT2D eigenvalue weighted by molar-refractivity contribution is 0.0935. The molecule has 0 aliphatic heterocycles. The molecule has 1 unspecified atom stereocenters. The van der Waals surface area contributed by atoms with Gasteiger partial charge in [-0.3, -0.25) is 4.79 Å². The van der Waals surface area contributed by atoms with Crippen LogP contribution in [0, 0.1) is 6.92 Å². The number of amides is 1. The average molecular weight is 403 g/mol. The van der Waals surface area contributed by atoms with E-state index >= 15 is 0 Å². The van der Waals surface area contributed by atoms with E-state index in [1.165, 1.54) is 0 Å². The van der Waals surface area contributed by atoms with E-state index < -0.39 is 0 Å². The number of hydrogen-bond acceptors (Lipinski definition) is 4. The number of H-pyrrole nitrogens is 1. The van der Waals surface area contributed by atoms with Crippen molar-refractivity contribution in [3.05, 3.63) is 52.2 Å². The number of carbonyl (C=O) groups excluding carboxylic acids is 1. The molecule has 0 aliphatic rings. The molecule has 0 spiro atoms. The first-order chi connectivity index (χ1) is 13.4. The van der Waals surface area contributed by atoms with Crippen molar-refractivity contribution in [2.75, 3.05) is 21.3 Å². The number of carbonyl (C=O) groups is 1. The van der Waals surface area contributed by atoms with Crippen molar-refractivity contribution in [2.45, 2.75) is 19.9 Å². The summed E-state index contributed by atoms with van der Waals surface area (Å²) < 4.78 is 16.1. The highest BCUT2D eigenvalue weighted by Gasteiger charge is 2.21. The standard InChI is InChI=1S/C21H23ClN2O4/c1-11-14-7-6-8-15(22)19(14)24-18(11)21(25)23-12(2)13-9-16(26-3)20(28-5)17(10-13)27-4/h6-10,12,24H,1-5H3,(H,23,25). The third kappa shape index (κ3) is 3.47. The van der Waals surface area contributed by atoms with Crippen molar-refractivity contribution in [2.24, 2.45) is 0 Å². The zero-order chi connectivity index (χ0) is 20.4. The first-order valence-electron chi connectivity index (χ1n) is 8.78. The van der Waals surface area contributed by atoms with Gasteiger partial charge in [0.05, 0.1) is 37.9 Å². The van der Waals surface area contributed by atoms with Crippen LogP contribution in [0.2, 0.25) is 5.02 Å². The number of aryl methyl sites for hydroxylation is 1. The van der Waals surface area contributed by atoms with Gasteiger partial charge < -0.3 is 24.5 Å². The first-order valence-corrected chi connectivity index (χ1v) is 9.16. The van der Waals surface area contributed by atoms with E-state index in [0.29, 0.717) is 28.0 Å². The van der Waals surface area contributed by atoms with E-state index in [-0.39, 0.29) is 11.9 Å². The van der Waals surface area contributed by atoms with Crippen LogP contribution in [0.1, 0.15) is 34.6 Å². The van der Waals surface area contributed by atoms with Crippen molar-refractivity contribution in [3.63, 3.8) is 0 Å². The van der Waals surface area contributed by atoms with E-state index in [4.69, 9.17) is 25.8 Å². The fraction of sp³-hybridized carbons (Fsp3) is 0.286. The number of benzene rings is 2. The number of hydrogen-bond donors (Lipinski definition) is 2. The van der Waals surface area contributed by atoms with Crippen LogP contribution >= 0.6 is 11.6 Å². The van der Waals surface area contributed by atoms with Gasteiger partial charge in [0.15, 0.2) is 11.5 Å². The molecule has 0 radical (unpaired) electrons. The topological polar surface area (TPSA) is 72.6 Å². The molecule has 3 rings (SSSR count). The Morgan fingerprint density at radius 1 is 1.11 bits per heavy atom. The number of halogens is 1. The van der Waals surface area contributed by atoms with Crippen LogP contribution in [0.4, 0.5) is 0 Å². The Balaban J connectivity index is 1.91. The van der Waals surface area contributed by atoms with Crippen molar-refractivity contribution < 1.29 is 19.0 Å². The van der Waals surface area contributed by atoms with E-state index in [0.717, 1.165) is 22.0 Å². The van der Waals surface area contributed by atoms with Crippen LogP contribution in [0.25, 0.3) is 10.9 Å². The summed E-state index contributed by atoms with van der Waals surface area (Å²) in [6.45, 7) is 3.79. The zero-order valence-electron chi connectivity index (χ0n) is 16.5. The largest absolute Gasteiger partial charge is 0.493 e. The minimum Gasteiger partial charge on any atom is -0.493 e. The fourth-order valence-electron chi connectivity index (χ4n) is 3.25. The number of ether oxygens (including phenoxy) is 3. The number of rotatable bonds is 6. The van der Waals surface area contributed by atoms with Gasteiger partial charge >= 0.3 is 0 Å². The van der Waals surface area contributed by atoms with Gasteiger partial charge in [-0.1, -0.05) is 23.7 Å². The van der Waals surface area contributed by atoms with Gasteiger partial charge in [-0.2, -0.15) is 0 Å². The highest BCUT2D eigenvalue weighted by Crippen LogP contribution is 2.39. The van der Waals surface area contributed by atoms with Crippen LogP contribution in [0.5, 0.6) is 17.2 Å². The monoisotopic (exact) mass is 402 g/mol. The Labute approximate surface area is 168 Å². The van der Waals surface area contributed by atoms with E-state index in [1.54, 1.807) is 27.4 Å². The van der Waals surface area contributed by atoms with E-state index in [9.17, 15) is 4.79 Å². The second-order valence-electron chi connectivity index (χ2n) is 6.44. The molecule has 0 saturated carbocycles. The maximum atomic E-state index is 12.9. The van der Waals surface area contributed by atoms with Gasteiger partial charge in [-0.25, -0.2) is 0 Å². The maximum absolute atomic E-state index is 12.9. The molecule has 28 heavy (non-hydrogen) atoms. The predicted octanol–water partition coefficient (Wildman–Crippen LogP) is 4.65. The van der Waals surface area contributed by atoms with Gasteiger partial charge in [-0.15, -0.1) is 0 Å².